The van der Waals surface area contributed by atoms with E-state index in [1.807, 2.05) is 13.8 Å². The summed E-state index contributed by atoms with van der Waals surface area (Å²) in [6.45, 7) is 7.79. The topological polar surface area (TPSA) is 48.3 Å². The SMILES string of the molecule is CCNC(C)(C#N)CCCN(CCOC)C1CC1. The molecule has 1 unspecified atom stereocenters. The Balaban J connectivity index is 2.27. The van der Waals surface area contributed by atoms with Crippen LogP contribution in [0.1, 0.15) is 39.5 Å². The van der Waals surface area contributed by atoms with Crippen molar-refractivity contribution in [2.75, 3.05) is 33.4 Å². The molecule has 0 saturated heterocycles. The zero-order valence-corrected chi connectivity index (χ0v) is 12.0. The van der Waals surface area contributed by atoms with Crippen LogP contribution in [-0.4, -0.2) is 49.8 Å². The van der Waals surface area contributed by atoms with Crippen LogP contribution in [0, 0.1) is 11.3 Å². The van der Waals surface area contributed by atoms with Gasteiger partial charge in [-0.15, -0.1) is 0 Å². The van der Waals surface area contributed by atoms with Crippen molar-refractivity contribution in [2.24, 2.45) is 0 Å². The van der Waals surface area contributed by atoms with Gasteiger partial charge in [0.2, 0.25) is 0 Å². The molecule has 0 aliphatic heterocycles. The number of nitriles is 1. The first kappa shape index (κ1) is 15.4. The van der Waals surface area contributed by atoms with Crippen LogP contribution in [0.2, 0.25) is 0 Å². The highest BCUT2D eigenvalue weighted by molar-refractivity contribution is 5.03. The lowest BCUT2D eigenvalue weighted by Crippen LogP contribution is -2.41. The Morgan fingerprint density at radius 2 is 2.17 bits per heavy atom. The van der Waals surface area contributed by atoms with Crippen LogP contribution in [0.4, 0.5) is 0 Å². The summed E-state index contributed by atoms with van der Waals surface area (Å²) >= 11 is 0. The van der Waals surface area contributed by atoms with Crippen LogP contribution < -0.4 is 5.32 Å². The van der Waals surface area contributed by atoms with Gasteiger partial charge in [0.1, 0.15) is 5.54 Å². The Bertz CT molecular complexity index is 273. The van der Waals surface area contributed by atoms with Crippen molar-refractivity contribution >= 4 is 0 Å². The molecule has 104 valence electrons. The molecule has 0 spiro atoms. The van der Waals surface area contributed by atoms with Crippen LogP contribution in [0.15, 0.2) is 0 Å². The third-order valence-electron chi connectivity index (χ3n) is 3.58. The van der Waals surface area contributed by atoms with Crippen LogP contribution in [0.3, 0.4) is 0 Å². The van der Waals surface area contributed by atoms with Crippen molar-refractivity contribution in [3.05, 3.63) is 0 Å². The van der Waals surface area contributed by atoms with E-state index in [1.54, 1.807) is 7.11 Å². The largest absolute Gasteiger partial charge is 0.383 e. The molecule has 0 aromatic carbocycles. The monoisotopic (exact) mass is 253 g/mol. The molecule has 0 amide bonds. The van der Waals surface area contributed by atoms with Gasteiger partial charge in [-0.25, -0.2) is 0 Å². The van der Waals surface area contributed by atoms with E-state index in [9.17, 15) is 5.26 Å². The molecule has 1 fully saturated rings. The molecule has 1 aliphatic carbocycles. The number of hydrogen-bond donors (Lipinski definition) is 1. The van der Waals surface area contributed by atoms with Gasteiger partial charge in [0.05, 0.1) is 12.7 Å². The van der Waals surface area contributed by atoms with Crippen molar-refractivity contribution in [1.82, 2.24) is 10.2 Å². The molecule has 0 radical (unpaired) electrons. The Labute approximate surface area is 111 Å². The maximum atomic E-state index is 9.20. The fraction of sp³-hybridized carbons (Fsp3) is 0.929. The first-order chi connectivity index (χ1) is 8.65. The fourth-order valence-electron chi connectivity index (χ4n) is 2.33. The molecule has 0 aromatic heterocycles. The summed E-state index contributed by atoms with van der Waals surface area (Å²) in [4.78, 5) is 2.51. The van der Waals surface area contributed by atoms with Gasteiger partial charge < -0.3 is 4.74 Å². The van der Waals surface area contributed by atoms with Crippen LogP contribution in [-0.2, 0) is 4.74 Å². The quantitative estimate of drug-likeness (QED) is 0.644. The van der Waals surface area contributed by atoms with Gasteiger partial charge in [0.15, 0.2) is 0 Å². The molecular formula is C14H27N3O. The van der Waals surface area contributed by atoms with Gasteiger partial charge in [0.25, 0.3) is 0 Å². The predicted molar refractivity (Wildman–Crippen MR) is 73.4 cm³/mol. The molecule has 4 nitrogen and oxygen atoms in total. The van der Waals surface area contributed by atoms with Gasteiger partial charge in [0, 0.05) is 19.7 Å². The third-order valence-corrected chi connectivity index (χ3v) is 3.58. The summed E-state index contributed by atoms with van der Waals surface area (Å²) in [7, 11) is 1.75. The molecule has 18 heavy (non-hydrogen) atoms. The lowest BCUT2D eigenvalue weighted by Gasteiger charge is -2.26. The maximum Gasteiger partial charge on any atom is 0.103 e. The minimum absolute atomic E-state index is 0.370. The van der Waals surface area contributed by atoms with Gasteiger partial charge in [-0.3, -0.25) is 10.2 Å². The number of methoxy groups -OCH3 is 1. The molecule has 1 atom stereocenters. The van der Waals surface area contributed by atoms with E-state index in [1.165, 1.54) is 12.8 Å². The van der Waals surface area contributed by atoms with Gasteiger partial charge >= 0.3 is 0 Å². The second kappa shape index (κ2) is 7.73. The Kier molecular flexibility index (Phi) is 6.62. The lowest BCUT2D eigenvalue weighted by molar-refractivity contribution is 0.141. The summed E-state index contributed by atoms with van der Waals surface area (Å²) in [5, 5.41) is 12.5. The van der Waals surface area contributed by atoms with E-state index in [4.69, 9.17) is 4.74 Å². The van der Waals surface area contributed by atoms with Crippen molar-refractivity contribution < 1.29 is 4.74 Å². The summed E-state index contributed by atoms with van der Waals surface area (Å²) in [6.07, 6.45) is 4.63. The molecular weight excluding hydrogens is 226 g/mol. The first-order valence-corrected chi connectivity index (χ1v) is 7.04. The predicted octanol–water partition coefficient (Wildman–Crippen LogP) is 1.77. The molecule has 1 saturated carbocycles. The molecule has 1 N–H and O–H groups in total. The highest BCUT2D eigenvalue weighted by atomic mass is 16.5. The van der Waals surface area contributed by atoms with Gasteiger partial charge in [-0.1, -0.05) is 6.92 Å². The van der Waals surface area contributed by atoms with Crippen LogP contribution >= 0.6 is 0 Å². The van der Waals surface area contributed by atoms with E-state index in [0.717, 1.165) is 45.1 Å². The number of nitrogens with one attached hydrogen (secondary N) is 1. The molecule has 0 heterocycles. The van der Waals surface area contributed by atoms with E-state index >= 15 is 0 Å². The van der Waals surface area contributed by atoms with E-state index < -0.39 is 0 Å². The maximum absolute atomic E-state index is 9.20. The molecule has 1 rings (SSSR count). The van der Waals surface area contributed by atoms with Crippen molar-refractivity contribution in [1.29, 1.82) is 5.26 Å². The minimum atomic E-state index is -0.370. The first-order valence-electron chi connectivity index (χ1n) is 7.04. The van der Waals surface area contributed by atoms with Crippen LogP contribution in [0.25, 0.3) is 0 Å². The number of ether oxygens (including phenoxy) is 1. The number of rotatable bonds is 10. The highest BCUT2D eigenvalue weighted by Crippen LogP contribution is 2.27. The smallest absolute Gasteiger partial charge is 0.103 e. The molecule has 0 aromatic rings. The van der Waals surface area contributed by atoms with Crippen molar-refractivity contribution in [3.8, 4) is 6.07 Å². The molecule has 4 heteroatoms. The fourth-order valence-corrected chi connectivity index (χ4v) is 2.33. The highest BCUT2D eigenvalue weighted by Gasteiger charge is 2.29. The average Bonchev–Trinajstić information content (AvgIpc) is 3.18. The standard InChI is InChI=1S/C14H27N3O/c1-4-16-14(2,12-15)8-5-9-17(10-11-18-3)13-6-7-13/h13,16H,4-11H2,1-3H3. The Morgan fingerprint density at radius 1 is 1.44 bits per heavy atom. The summed E-state index contributed by atoms with van der Waals surface area (Å²) in [6, 6.07) is 3.16. The van der Waals surface area contributed by atoms with Gasteiger partial charge in [-0.05, 0) is 45.7 Å². The zero-order valence-electron chi connectivity index (χ0n) is 12.0. The van der Waals surface area contributed by atoms with Crippen molar-refractivity contribution in [3.63, 3.8) is 0 Å². The van der Waals surface area contributed by atoms with E-state index in [2.05, 4.69) is 16.3 Å². The van der Waals surface area contributed by atoms with E-state index in [-0.39, 0.29) is 5.54 Å². The van der Waals surface area contributed by atoms with Gasteiger partial charge in [-0.2, -0.15) is 5.26 Å². The average molecular weight is 253 g/mol. The summed E-state index contributed by atoms with van der Waals surface area (Å²) in [5.74, 6) is 0. The Morgan fingerprint density at radius 3 is 2.67 bits per heavy atom. The second-order valence-electron chi connectivity index (χ2n) is 5.34. The lowest BCUT2D eigenvalue weighted by atomic mass is 9.97. The van der Waals surface area contributed by atoms with Crippen LogP contribution in [0.5, 0.6) is 0 Å². The summed E-state index contributed by atoms with van der Waals surface area (Å²) in [5.41, 5.74) is -0.370. The van der Waals surface area contributed by atoms with E-state index in [0.29, 0.717) is 0 Å². The minimum Gasteiger partial charge on any atom is -0.383 e. The Hall–Kier alpha value is -0.630. The molecule has 0 bridgehead atoms. The summed E-state index contributed by atoms with van der Waals surface area (Å²) < 4.78 is 5.15. The molecule has 1 aliphatic rings. The number of nitrogens with zero attached hydrogens (tertiary/aromatic N) is 2. The third kappa shape index (κ3) is 5.34. The normalized spacial score (nSPS) is 18.6. The zero-order chi connectivity index (χ0) is 13.4. The second-order valence-corrected chi connectivity index (χ2v) is 5.34. The van der Waals surface area contributed by atoms with Crippen molar-refractivity contribution in [2.45, 2.75) is 51.1 Å². The number of hydrogen-bond acceptors (Lipinski definition) is 4.